The third kappa shape index (κ3) is 4.54. The van der Waals surface area contributed by atoms with Crippen LogP contribution in [0.2, 0.25) is 0 Å². The molecule has 6 nitrogen and oxygen atoms in total. The van der Waals surface area contributed by atoms with Gasteiger partial charge in [-0.15, -0.1) is 0 Å². The largest absolute Gasteiger partial charge is 0.471 e. The van der Waals surface area contributed by atoms with Gasteiger partial charge in [0.15, 0.2) is 4.73 Å². The fourth-order valence-corrected chi connectivity index (χ4v) is 1.59. The molecule has 1 heterocycles. The number of alkyl halides is 3. The summed E-state index contributed by atoms with van der Waals surface area (Å²) in [4.78, 5) is 28.6. The van der Waals surface area contributed by atoms with Crippen LogP contribution in [0.15, 0.2) is 10.9 Å². The number of nitrogens with zero attached hydrogens (tertiary/aromatic N) is 1. The number of ether oxygens (including phenoxy) is 1. The molecule has 1 amide bonds. The minimum absolute atomic E-state index is 0.201. The van der Waals surface area contributed by atoms with E-state index < -0.39 is 24.1 Å². The van der Waals surface area contributed by atoms with E-state index >= 15 is 0 Å². The molecule has 0 fully saturated rings. The van der Waals surface area contributed by atoms with Gasteiger partial charge in [0, 0.05) is 18.3 Å². The third-order valence-corrected chi connectivity index (χ3v) is 2.47. The zero-order valence-electron chi connectivity index (χ0n) is 9.55. The van der Waals surface area contributed by atoms with Crippen LogP contribution in [0.4, 0.5) is 13.2 Å². The molecule has 1 atom stereocenters. The summed E-state index contributed by atoms with van der Waals surface area (Å²) < 4.78 is 41.1. The molecule has 1 aromatic heterocycles. The van der Waals surface area contributed by atoms with Crippen LogP contribution in [-0.2, 0) is 20.7 Å². The van der Waals surface area contributed by atoms with Gasteiger partial charge in [-0.05, 0) is 15.9 Å². The molecule has 0 aliphatic rings. The fraction of sp³-hybridized carbons (Fsp3) is 0.444. The predicted molar refractivity (Wildman–Crippen MR) is 60.0 cm³/mol. The second-order valence-electron chi connectivity index (χ2n) is 3.45. The van der Waals surface area contributed by atoms with Crippen LogP contribution >= 0.6 is 15.9 Å². The minimum Gasteiger partial charge on any atom is -0.467 e. The number of amides is 1. The van der Waals surface area contributed by atoms with E-state index in [1.54, 1.807) is 5.32 Å². The number of halogens is 4. The van der Waals surface area contributed by atoms with E-state index in [1.165, 1.54) is 6.20 Å². The molecule has 1 rings (SSSR count). The Morgan fingerprint density at radius 2 is 2.21 bits per heavy atom. The van der Waals surface area contributed by atoms with Crippen LogP contribution in [-0.4, -0.2) is 41.2 Å². The minimum atomic E-state index is -5.07. The number of hydrogen-bond acceptors (Lipinski definition) is 4. The molecule has 0 aliphatic carbocycles. The van der Waals surface area contributed by atoms with Gasteiger partial charge in [0.05, 0.1) is 7.11 Å². The highest BCUT2D eigenvalue weighted by molar-refractivity contribution is 9.10. The molecule has 0 radical (unpaired) electrons. The SMILES string of the molecule is COC(=O)C(Cc1cnc(Br)[nH]1)NC(=O)C(F)(F)F. The van der Waals surface area contributed by atoms with E-state index in [0.717, 1.165) is 7.11 Å². The van der Waals surface area contributed by atoms with Gasteiger partial charge in [0.25, 0.3) is 0 Å². The second-order valence-corrected chi connectivity index (χ2v) is 4.20. The van der Waals surface area contributed by atoms with E-state index in [2.05, 4.69) is 30.6 Å². The van der Waals surface area contributed by atoms with Crippen LogP contribution in [0.5, 0.6) is 0 Å². The molecular formula is C9H9BrF3N3O3. The van der Waals surface area contributed by atoms with E-state index in [4.69, 9.17) is 0 Å². The van der Waals surface area contributed by atoms with Crippen molar-refractivity contribution >= 4 is 27.8 Å². The second kappa shape index (κ2) is 6.04. The number of H-pyrrole nitrogens is 1. The van der Waals surface area contributed by atoms with Crippen molar-refractivity contribution in [3.8, 4) is 0 Å². The molecule has 0 bridgehead atoms. The number of aromatic amines is 1. The van der Waals surface area contributed by atoms with Crippen molar-refractivity contribution in [2.45, 2.75) is 18.6 Å². The Bertz CT molecular complexity index is 475. The lowest BCUT2D eigenvalue weighted by atomic mass is 10.1. The molecule has 0 saturated carbocycles. The highest BCUT2D eigenvalue weighted by Gasteiger charge is 2.41. The average molecular weight is 344 g/mol. The molecule has 10 heteroatoms. The first-order valence-electron chi connectivity index (χ1n) is 4.89. The number of carbonyl (C=O) groups excluding carboxylic acids is 2. The zero-order chi connectivity index (χ0) is 14.6. The Kier molecular flexibility index (Phi) is 4.92. The summed E-state index contributed by atoms with van der Waals surface area (Å²) in [7, 11) is 1.01. The molecule has 1 aromatic rings. The third-order valence-electron chi connectivity index (χ3n) is 2.07. The molecule has 0 spiro atoms. The molecule has 0 aromatic carbocycles. The van der Waals surface area contributed by atoms with E-state index in [0.29, 0.717) is 10.4 Å². The maximum atomic E-state index is 12.1. The van der Waals surface area contributed by atoms with Crippen LogP contribution < -0.4 is 5.32 Å². The quantitative estimate of drug-likeness (QED) is 0.797. The number of methoxy groups -OCH3 is 1. The first-order valence-corrected chi connectivity index (χ1v) is 5.68. The summed E-state index contributed by atoms with van der Waals surface area (Å²) in [5.41, 5.74) is 0.366. The Morgan fingerprint density at radius 3 is 2.63 bits per heavy atom. The van der Waals surface area contributed by atoms with Crippen molar-refractivity contribution in [1.82, 2.24) is 15.3 Å². The lowest BCUT2D eigenvalue weighted by Gasteiger charge is -2.16. The Hall–Kier alpha value is -1.58. The number of hydrogen-bond donors (Lipinski definition) is 2. The van der Waals surface area contributed by atoms with Crippen LogP contribution in [0, 0.1) is 0 Å². The first kappa shape index (κ1) is 15.5. The number of imidazole rings is 1. The van der Waals surface area contributed by atoms with Crippen molar-refractivity contribution in [2.75, 3.05) is 7.11 Å². The van der Waals surface area contributed by atoms with E-state index in [9.17, 15) is 22.8 Å². The zero-order valence-corrected chi connectivity index (χ0v) is 11.1. The van der Waals surface area contributed by atoms with Gasteiger partial charge in [0.2, 0.25) is 0 Å². The smallest absolute Gasteiger partial charge is 0.467 e. The van der Waals surface area contributed by atoms with E-state index in [-0.39, 0.29) is 6.42 Å². The summed E-state index contributed by atoms with van der Waals surface area (Å²) in [5, 5.41) is 1.56. The molecule has 0 aliphatic heterocycles. The maximum Gasteiger partial charge on any atom is 0.471 e. The van der Waals surface area contributed by atoms with Gasteiger partial charge in [-0.25, -0.2) is 9.78 Å². The number of carbonyl (C=O) groups is 2. The standard InChI is InChI=1S/C9H9BrF3N3O3/c1-19-6(17)5(16-7(18)9(11,12)13)2-4-3-14-8(10)15-4/h3,5H,2H2,1H3,(H,14,15)(H,16,18). The van der Waals surface area contributed by atoms with Gasteiger partial charge >= 0.3 is 18.1 Å². The van der Waals surface area contributed by atoms with Crippen molar-refractivity contribution in [2.24, 2.45) is 0 Å². The predicted octanol–water partition coefficient (Wildman–Crippen LogP) is 0.935. The average Bonchev–Trinajstić information content (AvgIpc) is 2.71. The summed E-state index contributed by atoms with van der Waals surface area (Å²) in [6.45, 7) is 0. The van der Waals surface area contributed by atoms with Gasteiger partial charge in [-0.1, -0.05) is 0 Å². The summed E-state index contributed by atoms with van der Waals surface area (Å²) in [6.07, 6.45) is -3.95. The Labute approximate surface area is 113 Å². The van der Waals surface area contributed by atoms with Gasteiger partial charge in [0.1, 0.15) is 6.04 Å². The number of aromatic nitrogens is 2. The summed E-state index contributed by atoms with van der Waals surface area (Å²) in [6, 6.07) is -1.45. The van der Waals surface area contributed by atoms with Crippen LogP contribution in [0.1, 0.15) is 5.69 Å². The van der Waals surface area contributed by atoms with Crippen molar-refractivity contribution in [3.63, 3.8) is 0 Å². The number of nitrogens with one attached hydrogen (secondary N) is 2. The van der Waals surface area contributed by atoms with E-state index in [1.807, 2.05) is 0 Å². The summed E-state index contributed by atoms with van der Waals surface area (Å²) in [5.74, 6) is -3.19. The Balaban J connectivity index is 2.78. The molecular weight excluding hydrogens is 335 g/mol. The lowest BCUT2D eigenvalue weighted by Crippen LogP contribution is -2.48. The van der Waals surface area contributed by atoms with Crippen LogP contribution in [0.25, 0.3) is 0 Å². The Morgan fingerprint density at radius 1 is 1.58 bits per heavy atom. The topological polar surface area (TPSA) is 84.1 Å². The van der Waals surface area contributed by atoms with Gasteiger partial charge in [-0.3, -0.25) is 4.79 Å². The monoisotopic (exact) mass is 343 g/mol. The van der Waals surface area contributed by atoms with Crippen molar-refractivity contribution in [1.29, 1.82) is 0 Å². The van der Waals surface area contributed by atoms with Crippen LogP contribution in [0.3, 0.4) is 0 Å². The van der Waals surface area contributed by atoms with Crippen molar-refractivity contribution < 1.29 is 27.5 Å². The first-order chi connectivity index (χ1) is 8.74. The van der Waals surface area contributed by atoms with Gasteiger partial charge < -0.3 is 15.0 Å². The molecule has 106 valence electrons. The highest BCUT2D eigenvalue weighted by atomic mass is 79.9. The lowest BCUT2D eigenvalue weighted by molar-refractivity contribution is -0.175. The molecule has 0 saturated heterocycles. The normalized spacial score (nSPS) is 12.9. The fourth-order valence-electron chi connectivity index (χ4n) is 1.23. The summed E-state index contributed by atoms with van der Waals surface area (Å²) >= 11 is 3.01. The number of esters is 1. The number of rotatable bonds is 4. The van der Waals surface area contributed by atoms with Gasteiger partial charge in [-0.2, -0.15) is 13.2 Å². The molecule has 2 N–H and O–H groups in total. The van der Waals surface area contributed by atoms with Crippen molar-refractivity contribution in [3.05, 3.63) is 16.6 Å². The maximum absolute atomic E-state index is 12.1. The molecule has 19 heavy (non-hydrogen) atoms. The highest BCUT2D eigenvalue weighted by Crippen LogP contribution is 2.15. The molecule has 1 unspecified atom stereocenters.